The van der Waals surface area contributed by atoms with Crippen molar-refractivity contribution in [2.75, 3.05) is 13.7 Å². The average Bonchev–Trinajstić information content (AvgIpc) is 3.21. The number of ether oxygens (including phenoxy) is 2. The number of nitrogens with one attached hydrogen (secondary N) is 1. The van der Waals surface area contributed by atoms with E-state index in [9.17, 15) is 13.2 Å². The predicted octanol–water partition coefficient (Wildman–Crippen LogP) is 3.29. The fourth-order valence-corrected chi connectivity index (χ4v) is 4.53. The van der Waals surface area contributed by atoms with Crippen LogP contribution < -0.4 is 14.8 Å². The Kier molecular flexibility index (Phi) is 6.32. The SMILES string of the molecule is COc1ccc2c(c1)c(OCC(=O)NCc1ccccc1)nn2S(=O)(=O)c1ccc(C)cc1. The van der Waals surface area contributed by atoms with Crippen LogP contribution in [-0.4, -0.2) is 37.2 Å². The number of carbonyl (C=O) groups is 1. The Bertz CT molecular complexity index is 1380. The molecule has 0 saturated carbocycles. The van der Waals surface area contributed by atoms with Gasteiger partial charge in [0.2, 0.25) is 5.88 Å². The molecule has 0 aliphatic heterocycles. The Morgan fingerprint density at radius 1 is 1.03 bits per heavy atom. The van der Waals surface area contributed by atoms with Gasteiger partial charge in [0.25, 0.3) is 15.9 Å². The summed E-state index contributed by atoms with van der Waals surface area (Å²) in [5.41, 5.74) is 2.21. The summed E-state index contributed by atoms with van der Waals surface area (Å²) >= 11 is 0. The quantitative estimate of drug-likeness (QED) is 0.429. The number of aryl methyl sites for hydroxylation is 1. The standard InChI is InChI=1S/C24H23N3O5S/c1-17-8-11-20(12-9-17)33(29,30)27-22-13-10-19(31-2)14-21(22)24(26-27)32-16-23(28)25-15-18-6-4-3-5-7-18/h3-14H,15-16H2,1-2H3,(H,25,28). The van der Waals surface area contributed by atoms with E-state index in [0.29, 0.717) is 23.2 Å². The maximum Gasteiger partial charge on any atom is 0.283 e. The first-order valence-electron chi connectivity index (χ1n) is 10.2. The van der Waals surface area contributed by atoms with Crippen molar-refractivity contribution in [3.63, 3.8) is 0 Å². The van der Waals surface area contributed by atoms with E-state index in [1.807, 2.05) is 37.3 Å². The lowest BCUT2D eigenvalue weighted by Crippen LogP contribution is -2.28. The zero-order valence-electron chi connectivity index (χ0n) is 18.2. The van der Waals surface area contributed by atoms with Crippen LogP contribution in [0.3, 0.4) is 0 Å². The molecule has 4 rings (SSSR count). The molecule has 0 unspecified atom stereocenters. The van der Waals surface area contributed by atoms with E-state index in [-0.39, 0.29) is 23.3 Å². The number of amides is 1. The van der Waals surface area contributed by atoms with Gasteiger partial charge in [-0.05, 0) is 42.8 Å². The monoisotopic (exact) mass is 465 g/mol. The van der Waals surface area contributed by atoms with Crippen molar-refractivity contribution in [2.45, 2.75) is 18.4 Å². The van der Waals surface area contributed by atoms with Crippen LogP contribution >= 0.6 is 0 Å². The highest BCUT2D eigenvalue weighted by Crippen LogP contribution is 2.31. The smallest absolute Gasteiger partial charge is 0.283 e. The molecule has 0 aliphatic rings. The van der Waals surface area contributed by atoms with Crippen LogP contribution in [0.2, 0.25) is 0 Å². The molecule has 1 aromatic heterocycles. The highest BCUT2D eigenvalue weighted by Gasteiger charge is 2.24. The van der Waals surface area contributed by atoms with E-state index in [0.717, 1.165) is 15.2 Å². The van der Waals surface area contributed by atoms with Crippen molar-refractivity contribution in [1.82, 2.24) is 14.5 Å². The molecule has 0 bridgehead atoms. The van der Waals surface area contributed by atoms with Gasteiger partial charge in [0.15, 0.2) is 6.61 Å². The number of methoxy groups -OCH3 is 1. The molecule has 0 fully saturated rings. The Morgan fingerprint density at radius 2 is 1.76 bits per heavy atom. The number of nitrogens with zero attached hydrogens (tertiary/aromatic N) is 2. The van der Waals surface area contributed by atoms with Crippen molar-refractivity contribution in [3.05, 3.63) is 83.9 Å². The summed E-state index contributed by atoms with van der Waals surface area (Å²) in [5, 5.41) is 7.38. The first-order chi connectivity index (χ1) is 15.9. The summed E-state index contributed by atoms with van der Waals surface area (Å²) in [6, 6.07) is 20.8. The molecule has 0 spiro atoms. The lowest BCUT2D eigenvalue weighted by Gasteiger charge is -2.06. The normalized spacial score (nSPS) is 11.3. The number of carbonyl (C=O) groups excluding carboxylic acids is 1. The van der Waals surface area contributed by atoms with Gasteiger partial charge in [0.1, 0.15) is 5.75 Å². The molecule has 1 amide bonds. The highest BCUT2D eigenvalue weighted by molar-refractivity contribution is 7.90. The molecular formula is C24H23N3O5S. The third-order valence-electron chi connectivity index (χ3n) is 5.04. The van der Waals surface area contributed by atoms with Gasteiger partial charge in [-0.1, -0.05) is 48.0 Å². The molecule has 0 atom stereocenters. The zero-order valence-corrected chi connectivity index (χ0v) is 19.0. The van der Waals surface area contributed by atoms with Crippen LogP contribution in [0.1, 0.15) is 11.1 Å². The maximum absolute atomic E-state index is 13.3. The second-order valence-corrected chi connectivity index (χ2v) is 9.17. The molecule has 0 saturated heterocycles. The number of hydrogen-bond donors (Lipinski definition) is 1. The average molecular weight is 466 g/mol. The van der Waals surface area contributed by atoms with Gasteiger partial charge < -0.3 is 14.8 Å². The summed E-state index contributed by atoms with van der Waals surface area (Å²) in [6.07, 6.45) is 0. The first-order valence-corrected chi connectivity index (χ1v) is 11.6. The minimum Gasteiger partial charge on any atom is -0.497 e. The number of hydrogen-bond acceptors (Lipinski definition) is 6. The molecule has 4 aromatic rings. The summed E-state index contributed by atoms with van der Waals surface area (Å²) < 4.78 is 38.3. The van der Waals surface area contributed by atoms with Gasteiger partial charge in [-0.25, -0.2) is 0 Å². The minimum atomic E-state index is -3.98. The molecule has 8 nitrogen and oxygen atoms in total. The molecule has 1 heterocycles. The summed E-state index contributed by atoms with van der Waals surface area (Å²) in [4.78, 5) is 12.4. The number of rotatable bonds is 8. The van der Waals surface area contributed by atoms with E-state index in [1.54, 1.807) is 30.3 Å². The molecule has 0 aliphatic carbocycles. The maximum atomic E-state index is 13.3. The van der Waals surface area contributed by atoms with Gasteiger partial charge in [0.05, 0.1) is 22.9 Å². The van der Waals surface area contributed by atoms with Crippen molar-refractivity contribution in [1.29, 1.82) is 0 Å². The Hall–Kier alpha value is -3.85. The highest BCUT2D eigenvalue weighted by atomic mass is 32.2. The van der Waals surface area contributed by atoms with Crippen LogP contribution in [0.4, 0.5) is 0 Å². The molecule has 33 heavy (non-hydrogen) atoms. The Labute approximate surface area is 191 Å². The summed E-state index contributed by atoms with van der Waals surface area (Å²) in [6.45, 7) is 1.91. The van der Waals surface area contributed by atoms with Crippen LogP contribution in [0.5, 0.6) is 11.6 Å². The van der Waals surface area contributed by atoms with Gasteiger partial charge in [-0.3, -0.25) is 4.79 Å². The largest absolute Gasteiger partial charge is 0.497 e. The Balaban J connectivity index is 1.61. The van der Waals surface area contributed by atoms with E-state index >= 15 is 0 Å². The van der Waals surface area contributed by atoms with E-state index in [1.165, 1.54) is 19.2 Å². The van der Waals surface area contributed by atoms with Crippen LogP contribution in [0.25, 0.3) is 10.9 Å². The molecule has 9 heteroatoms. The van der Waals surface area contributed by atoms with Gasteiger partial charge >= 0.3 is 0 Å². The first kappa shape index (κ1) is 22.3. The summed E-state index contributed by atoms with van der Waals surface area (Å²) in [5.74, 6) is 0.174. The van der Waals surface area contributed by atoms with Crippen molar-refractivity contribution in [2.24, 2.45) is 0 Å². The summed E-state index contributed by atoms with van der Waals surface area (Å²) in [7, 11) is -2.48. The van der Waals surface area contributed by atoms with E-state index in [4.69, 9.17) is 9.47 Å². The van der Waals surface area contributed by atoms with Gasteiger partial charge in [-0.2, -0.15) is 8.42 Å². The van der Waals surface area contributed by atoms with Crippen molar-refractivity contribution in [3.8, 4) is 11.6 Å². The van der Waals surface area contributed by atoms with Crippen LogP contribution in [0.15, 0.2) is 77.7 Å². The second kappa shape index (κ2) is 9.33. The van der Waals surface area contributed by atoms with Crippen molar-refractivity contribution >= 4 is 26.8 Å². The number of aromatic nitrogens is 2. The predicted molar refractivity (Wildman–Crippen MR) is 124 cm³/mol. The molecule has 1 N–H and O–H groups in total. The lowest BCUT2D eigenvalue weighted by molar-refractivity contribution is -0.123. The minimum absolute atomic E-state index is 0.0226. The Morgan fingerprint density at radius 3 is 2.45 bits per heavy atom. The fourth-order valence-electron chi connectivity index (χ4n) is 3.25. The fraction of sp³-hybridized carbons (Fsp3) is 0.167. The lowest BCUT2D eigenvalue weighted by atomic mass is 10.2. The van der Waals surface area contributed by atoms with Crippen LogP contribution in [-0.2, 0) is 21.4 Å². The van der Waals surface area contributed by atoms with E-state index < -0.39 is 10.0 Å². The van der Waals surface area contributed by atoms with Gasteiger partial charge in [-0.15, -0.1) is 9.19 Å². The zero-order chi connectivity index (χ0) is 23.4. The van der Waals surface area contributed by atoms with Gasteiger partial charge in [0, 0.05) is 6.54 Å². The van der Waals surface area contributed by atoms with Crippen LogP contribution in [0, 0.1) is 6.92 Å². The third kappa shape index (κ3) is 4.83. The molecule has 0 radical (unpaired) electrons. The topological polar surface area (TPSA) is 99.5 Å². The molecule has 170 valence electrons. The third-order valence-corrected chi connectivity index (χ3v) is 6.64. The molecule has 3 aromatic carbocycles. The molecular weight excluding hydrogens is 442 g/mol. The second-order valence-electron chi connectivity index (χ2n) is 7.40. The number of fused-ring (bicyclic) bond motifs is 1. The van der Waals surface area contributed by atoms with Crippen molar-refractivity contribution < 1.29 is 22.7 Å². The number of benzene rings is 3. The van der Waals surface area contributed by atoms with E-state index in [2.05, 4.69) is 10.4 Å².